The molecule has 122 valence electrons. The molecule has 0 fully saturated rings. The zero-order chi connectivity index (χ0) is 16.5. The lowest BCUT2D eigenvalue weighted by atomic mass is 10.1. The van der Waals surface area contributed by atoms with Crippen LogP contribution < -0.4 is 10.2 Å². The van der Waals surface area contributed by atoms with Crippen molar-refractivity contribution in [3.8, 4) is 0 Å². The molecule has 2 rings (SSSR count). The monoisotopic (exact) mass is 311 g/mol. The number of nitrogens with one attached hydrogen (secondary N) is 1. The van der Waals surface area contributed by atoms with Crippen LogP contribution in [-0.4, -0.2) is 31.5 Å². The van der Waals surface area contributed by atoms with Gasteiger partial charge in [-0.25, -0.2) is 0 Å². The number of nitrogens with zero attached hydrogens (tertiary/aromatic N) is 2. The number of hydrogen-bond donors (Lipinski definition) is 1. The number of pyridine rings is 1. The number of rotatable bonds is 8. The number of aryl methyl sites for hydroxylation is 1. The van der Waals surface area contributed by atoms with Crippen molar-refractivity contribution in [2.75, 3.05) is 25.5 Å². The maximum atomic E-state index is 11.8. The summed E-state index contributed by atoms with van der Waals surface area (Å²) < 4.78 is 0. The Bertz CT molecular complexity index is 594. The molecule has 1 aromatic carbocycles. The molecule has 1 heterocycles. The summed E-state index contributed by atoms with van der Waals surface area (Å²) in [4.78, 5) is 18.0. The van der Waals surface area contributed by atoms with E-state index in [1.807, 2.05) is 32.4 Å². The molecule has 1 N–H and O–H groups in total. The van der Waals surface area contributed by atoms with E-state index in [1.165, 1.54) is 16.8 Å². The number of carbonyl (C=O) groups is 1. The van der Waals surface area contributed by atoms with Crippen molar-refractivity contribution in [2.24, 2.45) is 0 Å². The summed E-state index contributed by atoms with van der Waals surface area (Å²) >= 11 is 0. The average Bonchev–Trinajstić information content (AvgIpc) is 2.56. The number of benzene rings is 1. The molecule has 0 aliphatic rings. The topological polar surface area (TPSA) is 45.2 Å². The molecule has 0 saturated carbocycles. The Morgan fingerprint density at radius 2 is 1.87 bits per heavy atom. The van der Waals surface area contributed by atoms with Crippen LogP contribution >= 0.6 is 0 Å². The van der Waals surface area contributed by atoms with Crippen molar-refractivity contribution in [1.82, 2.24) is 10.3 Å². The molecule has 2 aromatic rings. The highest BCUT2D eigenvalue weighted by atomic mass is 16.1. The zero-order valence-corrected chi connectivity index (χ0v) is 14.0. The van der Waals surface area contributed by atoms with Gasteiger partial charge in [-0.05, 0) is 48.6 Å². The van der Waals surface area contributed by atoms with Crippen molar-refractivity contribution in [1.29, 1.82) is 0 Å². The highest BCUT2D eigenvalue weighted by Gasteiger charge is 2.02. The largest absolute Gasteiger partial charge is 0.378 e. The van der Waals surface area contributed by atoms with Crippen molar-refractivity contribution in [2.45, 2.75) is 25.7 Å². The Morgan fingerprint density at radius 3 is 2.52 bits per heavy atom. The van der Waals surface area contributed by atoms with E-state index in [0.29, 0.717) is 13.0 Å². The van der Waals surface area contributed by atoms with Crippen molar-refractivity contribution in [3.05, 3.63) is 59.9 Å². The summed E-state index contributed by atoms with van der Waals surface area (Å²) in [6, 6.07) is 12.4. The molecule has 0 aliphatic carbocycles. The fourth-order valence-corrected chi connectivity index (χ4v) is 2.39. The van der Waals surface area contributed by atoms with Gasteiger partial charge in [0.2, 0.25) is 5.91 Å². The van der Waals surface area contributed by atoms with Crippen LogP contribution in [0.4, 0.5) is 5.69 Å². The first-order valence-corrected chi connectivity index (χ1v) is 8.07. The number of aromatic nitrogens is 1. The van der Waals surface area contributed by atoms with E-state index in [-0.39, 0.29) is 5.91 Å². The van der Waals surface area contributed by atoms with E-state index >= 15 is 0 Å². The van der Waals surface area contributed by atoms with Gasteiger partial charge in [0, 0.05) is 45.1 Å². The Kier molecular flexibility index (Phi) is 6.60. The van der Waals surface area contributed by atoms with Gasteiger partial charge in [0.05, 0.1) is 0 Å². The summed E-state index contributed by atoms with van der Waals surface area (Å²) in [5.41, 5.74) is 3.61. The lowest BCUT2D eigenvalue weighted by Crippen LogP contribution is -2.25. The molecule has 0 unspecified atom stereocenters. The van der Waals surface area contributed by atoms with Crippen LogP contribution in [0, 0.1) is 0 Å². The SMILES string of the molecule is CN(C)c1ccc(CCNC(=O)CCCc2cccnc2)cc1. The lowest BCUT2D eigenvalue weighted by Gasteiger charge is -2.12. The summed E-state index contributed by atoms with van der Waals surface area (Å²) in [6.07, 6.45) is 6.80. The standard InChI is InChI=1S/C19H25N3O/c1-22(2)18-10-8-16(9-11-18)12-14-21-19(23)7-3-5-17-6-4-13-20-15-17/h4,6,8-11,13,15H,3,5,7,12,14H2,1-2H3,(H,21,23). The van der Waals surface area contributed by atoms with Crippen LogP contribution in [-0.2, 0) is 17.6 Å². The Hall–Kier alpha value is -2.36. The first kappa shape index (κ1) is 17.0. The van der Waals surface area contributed by atoms with Gasteiger partial charge in [-0.1, -0.05) is 18.2 Å². The fourth-order valence-electron chi connectivity index (χ4n) is 2.39. The summed E-state index contributed by atoms with van der Waals surface area (Å²) in [5.74, 6) is 0.124. The smallest absolute Gasteiger partial charge is 0.220 e. The van der Waals surface area contributed by atoms with Crippen molar-refractivity contribution in [3.63, 3.8) is 0 Å². The summed E-state index contributed by atoms with van der Waals surface area (Å²) in [5, 5.41) is 2.99. The quantitative estimate of drug-likeness (QED) is 0.815. The average molecular weight is 311 g/mol. The lowest BCUT2D eigenvalue weighted by molar-refractivity contribution is -0.121. The summed E-state index contributed by atoms with van der Waals surface area (Å²) in [7, 11) is 4.06. The predicted octanol–water partition coefficient (Wildman–Crippen LogP) is 2.83. The van der Waals surface area contributed by atoms with Gasteiger partial charge in [-0.15, -0.1) is 0 Å². The highest BCUT2D eigenvalue weighted by Crippen LogP contribution is 2.12. The molecule has 1 amide bonds. The first-order valence-electron chi connectivity index (χ1n) is 8.07. The fraction of sp³-hybridized carbons (Fsp3) is 0.368. The molecule has 0 spiro atoms. The Morgan fingerprint density at radius 1 is 1.09 bits per heavy atom. The molecule has 0 radical (unpaired) electrons. The molecular formula is C19H25N3O. The van der Waals surface area contributed by atoms with Gasteiger partial charge in [0.15, 0.2) is 0 Å². The van der Waals surface area contributed by atoms with Crippen LogP contribution in [0.25, 0.3) is 0 Å². The molecule has 4 nitrogen and oxygen atoms in total. The number of anilines is 1. The highest BCUT2D eigenvalue weighted by molar-refractivity contribution is 5.75. The minimum absolute atomic E-state index is 0.124. The van der Waals surface area contributed by atoms with Crippen molar-refractivity contribution < 1.29 is 4.79 Å². The Labute approximate surface area is 138 Å². The van der Waals surface area contributed by atoms with E-state index in [9.17, 15) is 4.79 Å². The van der Waals surface area contributed by atoms with Gasteiger partial charge in [-0.2, -0.15) is 0 Å². The first-order chi connectivity index (χ1) is 11.1. The van der Waals surface area contributed by atoms with Crippen LogP contribution in [0.1, 0.15) is 24.0 Å². The van der Waals surface area contributed by atoms with E-state index in [4.69, 9.17) is 0 Å². The van der Waals surface area contributed by atoms with Crippen LogP contribution in [0.3, 0.4) is 0 Å². The third-order valence-electron chi connectivity index (χ3n) is 3.78. The molecule has 0 bridgehead atoms. The maximum Gasteiger partial charge on any atom is 0.220 e. The second kappa shape index (κ2) is 8.93. The molecule has 4 heteroatoms. The van der Waals surface area contributed by atoms with Crippen molar-refractivity contribution >= 4 is 11.6 Å². The van der Waals surface area contributed by atoms with E-state index in [2.05, 4.69) is 39.5 Å². The van der Waals surface area contributed by atoms with Gasteiger partial charge in [0.1, 0.15) is 0 Å². The van der Waals surface area contributed by atoms with E-state index in [1.54, 1.807) is 6.20 Å². The minimum atomic E-state index is 0.124. The van der Waals surface area contributed by atoms with E-state index in [0.717, 1.165) is 19.3 Å². The Balaban J connectivity index is 1.62. The van der Waals surface area contributed by atoms with Crippen LogP contribution in [0.5, 0.6) is 0 Å². The summed E-state index contributed by atoms with van der Waals surface area (Å²) in [6.45, 7) is 0.688. The molecule has 0 aliphatic heterocycles. The maximum absolute atomic E-state index is 11.8. The zero-order valence-electron chi connectivity index (χ0n) is 14.0. The molecular weight excluding hydrogens is 286 g/mol. The van der Waals surface area contributed by atoms with Gasteiger partial charge in [-0.3, -0.25) is 9.78 Å². The number of carbonyl (C=O) groups excluding carboxylic acids is 1. The van der Waals surface area contributed by atoms with Crippen LogP contribution in [0.15, 0.2) is 48.8 Å². The molecule has 0 atom stereocenters. The number of hydrogen-bond acceptors (Lipinski definition) is 3. The van der Waals surface area contributed by atoms with E-state index < -0.39 is 0 Å². The van der Waals surface area contributed by atoms with Gasteiger partial charge < -0.3 is 10.2 Å². The molecule has 1 aromatic heterocycles. The third kappa shape index (κ3) is 6.10. The van der Waals surface area contributed by atoms with Crippen LogP contribution in [0.2, 0.25) is 0 Å². The second-order valence-corrected chi connectivity index (χ2v) is 5.88. The van der Waals surface area contributed by atoms with Gasteiger partial charge in [0.25, 0.3) is 0 Å². The minimum Gasteiger partial charge on any atom is -0.378 e. The third-order valence-corrected chi connectivity index (χ3v) is 3.78. The second-order valence-electron chi connectivity index (χ2n) is 5.88. The normalized spacial score (nSPS) is 10.3. The molecule has 0 saturated heterocycles. The predicted molar refractivity (Wildman–Crippen MR) is 94.7 cm³/mol. The molecule has 23 heavy (non-hydrogen) atoms. The number of amides is 1. The van der Waals surface area contributed by atoms with Gasteiger partial charge >= 0.3 is 0 Å².